The molecule has 3 saturated carbocycles. The number of nitrogens with zero attached hydrogens (tertiary/aromatic N) is 2. The summed E-state index contributed by atoms with van der Waals surface area (Å²) in [4.78, 5) is 0. The van der Waals surface area contributed by atoms with Crippen LogP contribution in [0, 0.1) is 11.8 Å². The van der Waals surface area contributed by atoms with Crippen LogP contribution in [0.5, 0.6) is 0 Å². The Hall–Kier alpha value is -0.120. The smallest absolute Gasteiger partial charge is 0.0257 e. The van der Waals surface area contributed by atoms with Crippen molar-refractivity contribution >= 4 is 0 Å². The van der Waals surface area contributed by atoms with Crippen LogP contribution < -0.4 is 5.53 Å². The lowest BCUT2D eigenvalue weighted by atomic mass is 9.89. The predicted molar refractivity (Wildman–Crippen MR) is 86.5 cm³/mol. The van der Waals surface area contributed by atoms with Crippen LogP contribution in [0.3, 0.4) is 0 Å². The minimum atomic E-state index is 0.818. The highest BCUT2D eigenvalue weighted by Gasteiger charge is 2.38. The van der Waals surface area contributed by atoms with Gasteiger partial charge in [0.1, 0.15) is 0 Å². The molecular weight excluding hydrogens is 258 g/mol. The van der Waals surface area contributed by atoms with E-state index in [4.69, 9.17) is 0 Å². The summed E-state index contributed by atoms with van der Waals surface area (Å²) in [5.74, 6) is 1.94. The molecule has 0 bridgehead atoms. The molecule has 120 valence electrons. The van der Waals surface area contributed by atoms with Crippen molar-refractivity contribution in [2.75, 3.05) is 13.1 Å². The van der Waals surface area contributed by atoms with Crippen LogP contribution in [0.4, 0.5) is 0 Å². The summed E-state index contributed by atoms with van der Waals surface area (Å²) in [5.41, 5.74) is 3.86. The number of hydrazine groups is 2. The van der Waals surface area contributed by atoms with Gasteiger partial charge in [-0.2, -0.15) is 5.53 Å². The third kappa shape index (κ3) is 3.16. The zero-order valence-corrected chi connectivity index (χ0v) is 13.6. The maximum Gasteiger partial charge on any atom is 0.0257 e. The molecule has 3 nitrogen and oxygen atoms in total. The van der Waals surface area contributed by atoms with E-state index in [1.54, 1.807) is 0 Å². The molecule has 0 aromatic carbocycles. The highest BCUT2D eigenvalue weighted by molar-refractivity contribution is 4.88. The Balaban J connectivity index is 1.45. The Morgan fingerprint density at radius 2 is 0.952 bits per heavy atom. The average Bonchev–Trinajstić information content (AvgIpc) is 3.29. The van der Waals surface area contributed by atoms with Crippen molar-refractivity contribution in [3.05, 3.63) is 0 Å². The zero-order valence-electron chi connectivity index (χ0n) is 13.6. The van der Waals surface area contributed by atoms with Crippen molar-refractivity contribution < 1.29 is 0 Å². The van der Waals surface area contributed by atoms with Crippen LogP contribution in [-0.4, -0.2) is 35.2 Å². The van der Waals surface area contributed by atoms with E-state index in [2.05, 4.69) is 15.6 Å². The summed E-state index contributed by atoms with van der Waals surface area (Å²) >= 11 is 0. The van der Waals surface area contributed by atoms with Gasteiger partial charge in [0.15, 0.2) is 0 Å². The summed E-state index contributed by atoms with van der Waals surface area (Å²) in [6.07, 6.45) is 17.4. The molecular formula is C18H33N3. The van der Waals surface area contributed by atoms with Crippen LogP contribution in [0.15, 0.2) is 0 Å². The minimum Gasteiger partial charge on any atom is -0.227 e. The van der Waals surface area contributed by atoms with E-state index in [0.717, 1.165) is 23.9 Å². The molecule has 3 heteroatoms. The second-order valence-electron chi connectivity index (χ2n) is 8.09. The highest BCUT2D eigenvalue weighted by Crippen LogP contribution is 2.36. The van der Waals surface area contributed by atoms with Gasteiger partial charge in [0, 0.05) is 25.2 Å². The Bertz CT molecular complexity index is 269. The first kappa shape index (κ1) is 14.5. The van der Waals surface area contributed by atoms with Gasteiger partial charge in [-0.25, -0.2) is 10.0 Å². The molecule has 0 radical (unpaired) electrons. The van der Waals surface area contributed by atoms with E-state index in [9.17, 15) is 0 Å². The van der Waals surface area contributed by atoms with Gasteiger partial charge in [0.2, 0.25) is 0 Å². The van der Waals surface area contributed by atoms with Crippen LogP contribution in [0.1, 0.15) is 77.0 Å². The molecule has 4 fully saturated rings. The molecule has 1 heterocycles. The van der Waals surface area contributed by atoms with Crippen LogP contribution in [-0.2, 0) is 0 Å². The van der Waals surface area contributed by atoms with Gasteiger partial charge in [0.25, 0.3) is 0 Å². The monoisotopic (exact) mass is 291 g/mol. The molecule has 0 spiro atoms. The lowest BCUT2D eigenvalue weighted by molar-refractivity contribution is -0.0978. The maximum absolute atomic E-state index is 3.86. The first-order valence-corrected chi connectivity index (χ1v) is 9.70. The van der Waals surface area contributed by atoms with Crippen molar-refractivity contribution in [3.63, 3.8) is 0 Å². The Kier molecular flexibility index (Phi) is 4.52. The standard InChI is InChI=1S/C18H33N3/c1-2-8-15(7-1)16-13-20(17-9-3-4-10-17)19-21(14-16)18-11-5-6-12-18/h15-19H,1-14H2. The number of hydrogen-bond donors (Lipinski definition) is 1. The third-order valence-electron chi connectivity index (χ3n) is 6.72. The SMILES string of the molecule is C1CCC(C2CN(C3CCCC3)NN(C3CCCC3)C2)C1. The fourth-order valence-corrected chi connectivity index (χ4v) is 5.43. The van der Waals surface area contributed by atoms with Crippen LogP contribution in [0.25, 0.3) is 0 Å². The molecule has 0 atom stereocenters. The predicted octanol–water partition coefficient (Wildman–Crippen LogP) is 3.72. The quantitative estimate of drug-likeness (QED) is 0.855. The Morgan fingerprint density at radius 1 is 0.524 bits per heavy atom. The molecule has 1 saturated heterocycles. The lowest BCUT2D eigenvalue weighted by Gasteiger charge is -2.47. The number of nitrogens with one attached hydrogen (secondary N) is 1. The van der Waals surface area contributed by atoms with Crippen molar-refractivity contribution in [3.8, 4) is 0 Å². The lowest BCUT2D eigenvalue weighted by Crippen LogP contribution is -2.64. The minimum absolute atomic E-state index is 0.818. The molecule has 4 rings (SSSR count). The summed E-state index contributed by atoms with van der Waals surface area (Å²) in [7, 11) is 0. The summed E-state index contributed by atoms with van der Waals surface area (Å²) in [6, 6.07) is 1.64. The fraction of sp³-hybridized carbons (Fsp3) is 1.00. The summed E-state index contributed by atoms with van der Waals surface area (Å²) in [6.45, 7) is 2.64. The Labute approximate surface area is 130 Å². The van der Waals surface area contributed by atoms with Crippen molar-refractivity contribution in [2.45, 2.75) is 89.1 Å². The van der Waals surface area contributed by atoms with Crippen molar-refractivity contribution in [1.29, 1.82) is 0 Å². The molecule has 21 heavy (non-hydrogen) atoms. The van der Waals surface area contributed by atoms with E-state index in [-0.39, 0.29) is 0 Å². The highest BCUT2D eigenvalue weighted by atomic mass is 15.8. The van der Waals surface area contributed by atoms with Gasteiger partial charge in [-0.3, -0.25) is 0 Å². The van der Waals surface area contributed by atoms with E-state index < -0.39 is 0 Å². The first-order chi connectivity index (χ1) is 10.4. The second kappa shape index (κ2) is 6.55. The van der Waals surface area contributed by atoms with Crippen molar-refractivity contribution in [2.24, 2.45) is 11.8 Å². The van der Waals surface area contributed by atoms with Gasteiger partial charge >= 0.3 is 0 Å². The van der Waals surface area contributed by atoms with E-state index in [1.165, 1.54) is 90.1 Å². The van der Waals surface area contributed by atoms with Crippen LogP contribution in [0.2, 0.25) is 0 Å². The second-order valence-corrected chi connectivity index (χ2v) is 8.09. The number of hydrogen-bond acceptors (Lipinski definition) is 3. The molecule has 0 amide bonds. The van der Waals surface area contributed by atoms with E-state index in [1.807, 2.05) is 0 Å². The molecule has 0 aromatic rings. The molecule has 4 aliphatic rings. The van der Waals surface area contributed by atoms with Gasteiger partial charge in [-0.05, 0) is 37.5 Å². The molecule has 1 N–H and O–H groups in total. The molecule has 0 unspecified atom stereocenters. The zero-order chi connectivity index (χ0) is 14.1. The average molecular weight is 291 g/mol. The van der Waals surface area contributed by atoms with Gasteiger partial charge in [-0.1, -0.05) is 51.4 Å². The summed E-state index contributed by atoms with van der Waals surface area (Å²) in [5, 5.41) is 5.33. The third-order valence-corrected chi connectivity index (χ3v) is 6.72. The van der Waals surface area contributed by atoms with E-state index >= 15 is 0 Å². The maximum atomic E-state index is 3.86. The Morgan fingerprint density at radius 3 is 1.43 bits per heavy atom. The van der Waals surface area contributed by atoms with Gasteiger partial charge in [0.05, 0.1) is 0 Å². The number of rotatable bonds is 3. The topological polar surface area (TPSA) is 18.5 Å². The fourth-order valence-electron chi connectivity index (χ4n) is 5.43. The van der Waals surface area contributed by atoms with Crippen molar-refractivity contribution in [1.82, 2.24) is 15.6 Å². The van der Waals surface area contributed by atoms with Crippen LogP contribution >= 0.6 is 0 Å². The van der Waals surface area contributed by atoms with Gasteiger partial charge < -0.3 is 0 Å². The summed E-state index contributed by atoms with van der Waals surface area (Å²) < 4.78 is 0. The normalized spacial score (nSPS) is 32.6. The molecule has 0 aromatic heterocycles. The molecule has 1 aliphatic heterocycles. The van der Waals surface area contributed by atoms with E-state index in [0.29, 0.717) is 0 Å². The first-order valence-electron chi connectivity index (χ1n) is 9.70. The van der Waals surface area contributed by atoms with Gasteiger partial charge in [-0.15, -0.1) is 0 Å². The molecule has 3 aliphatic carbocycles. The largest absolute Gasteiger partial charge is 0.227 e.